The van der Waals surface area contributed by atoms with E-state index in [9.17, 15) is 23.1 Å². The van der Waals surface area contributed by atoms with Gasteiger partial charge in [-0.25, -0.2) is 8.42 Å². The van der Waals surface area contributed by atoms with E-state index in [0.717, 1.165) is 4.90 Å². The molecule has 0 aliphatic carbocycles. The van der Waals surface area contributed by atoms with Gasteiger partial charge in [-0.3, -0.25) is 4.79 Å². The number of carbonyl (C=O) groups excluding carboxylic acids is 2. The minimum Gasteiger partial charge on any atom is -0.548 e. The SMILES string of the molecule is O=C([O-])C1C(CC2C=CNS2)S(=O)(=O)C2CC(=O)N12.[Na+]. The number of rotatable bonds is 3. The van der Waals surface area contributed by atoms with Crippen LogP contribution in [0.25, 0.3) is 0 Å². The van der Waals surface area contributed by atoms with E-state index in [4.69, 9.17) is 0 Å². The van der Waals surface area contributed by atoms with E-state index in [1.54, 1.807) is 12.3 Å². The van der Waals surface area contributed by atoms with Crippen LogP contribution in [0.1, 0.15) is 12.8 Å². The molecule has 2 saturated heterocycles. The molecule has 1 N–H and O–H groups in total. The summed E-state index contributed by atoms with van der Waals surface area (Å²) in [7, 11) is -3.63. The molecule has 1 amide bonds. The van der Waals surface area contributed by atoms with Crippen LogP contribution in [0.15, 0.2) is 12.3 Å². The molecule has 3 heterocycles. The predicted octanol–water partition coefficient (Wildman–Crippen LogP) is -5.01. The normalized spacial score (nSPS) is 36.8. The van der Waals surface area contributed by atoms with Crippen LogP contribution in [-0.4, -0.2) is 47.1 Å². The Morgan fingerprint density at radius 2 is 2.25 bits per heavy atom. The summed E-state index contributed by atoms with van der Waals surface area (Å²) in [5.41, 5.74) is 0. The van der Waals surface area contributed by atoms with Crippen molar-refractivity contribution in [2.45, 2.75) is 34.8 Å². The molecule has 0 aromatic rings. The number of carboxylic acids is 1. The van der Waals surface area contributed by atoms with Crippen molar-refractivity contribution < 1.29 is 52.7 Å². The summed E-state index contributed by atoms with van der Waals surface area (Å²) in [4.78, 5) is 23.6. The van der Waals surface area contributed by atoms with Gasteiger partial charge in [0.25, 0.3) is 0 Å². The van der Waals surface area contributed by atoms with Gasteiger partial charge in [0, 0.05) is 11.4 Å². The zero-order valence-corrected chi connectivity index (χ0v) is 14.3. The van der Waals surface area contributed by atoms with Crippen LogP contribution in [-0.2, 0) is 19.4 Å². The van der Waals surface area contributed by atoms with E-state index in [0.29, 0.717) is 0 Å². The average molecular weight is 326 g/mol. The van der Waals surface area contributed by atoms with Crippen molar-refractivity contribution in [1.29, 1.82) is 0 Å². The number of nitrogens with zero attached hydrogens (tertiary/aromatic N) is 1. The number of nitrogens with one attached hydrogen (secondary N) is 1. The van der Waals surface area contributed by atoms with Gasteiger partial charge in [0.1, 0.15) is 5.37 Å². The number of carboxylic acid groups (broad SMARTS) is 1. The second-order valence-corrected chi connectivity index (χ2v) is 8.12. The number of hydrogen-bond acceptors (Lipinski definition) is 7. The zero-order valence-electron chi connectivity index (χ0n) is 10.7. The van der Waals surface area contributed by atoms with Gasteiger partial charge in [-0.1, -0.05) is 6.08 Å². The summed E-state index contributed by atoms with van der Waals surface area (Å²) in [6.45, 7) is 0. The van der Waals surface area contributed by atoms with Crippen LogP contribution in [0, 0.1) is 0 Å². The first kappa shape index (κ1) is 16.2. The second kappa shape index (κ2) is 5.53. The molecule has 0 bridgehead atoms. The maximum Gasteiger partial charge on any atom is 1.00 e. The minimum atomic E-state index is -3.63. The standard InChI is InChI=1S/C10H12N2O5S2.Na/c13-7-4-8-12(7)9(10(14)15)6(19(8,16)17)3-5-1-2-11-18-5;/h1-2,5-6,8-9,11H,3-4H2,(H,14,15);/q;+1/p-1. The number of amides is 1. The smallest absolute Gasteiger partial charge is 0.548 e. The molecular weight excluding hydrogens is 315 g/mol. The first-order valence-electron chi connectivity index (χ1n) is 5.75. The maximum absolute atomic E-state index is 12.3. The van der Waals surface area contributed by atoms with Crippen LogP contribution in [0.4, 0.5) is 0 Å². The molecule has 4 unspecified atom stereocenters. The van der Waals surface area contributed by atoms with Crippen LogP contribution >= 0.6 is 11.9 Å². The molecule has 4 atom stereocenters. The fraction of sp³-hybridized carbons (Fsp3) is 0.600. The number of sulfone groups is 1. The van der Waals surface area contributed by atoms with Crippen molar-refractivity contribution in [3.8, 4) is 0 Å². The Morgan fingerprint density at radius 1 is 1.55 bits per heavy atom. The zero-order chi connectivity index (χ0) is 13.8. The Balaban J connectivity index is 0.00000147. The quantitative estimate of drug-likeness (QED) is 0.314. The number of carbonyl (C=O) groups is 2. The molecule has 3 aliphatic rings. The molecule has 0 aromatic heterocycles. The van der Waals surface area contributed by atoms with Gasteiger partial charge in [-0.2, -0.15) is 0 Å². The van der Waals surface area contributed by atoms with E-state index in [1.807, 2.05) is 0 Å². The summed E-state index contributed by atoms with van der Waals surface area (Å²) < 4.78 is 27.4. The van der Waals surface area contributed by atoms with E-state index in [2.05, 4.69) is 4.72 Å². The fourth-order valence-corrected chi connectivity index (χ4v) is 6.10. The third-order valence-corrected chi connectivity index (χ3v) is 7.08. The number of β-lactam (4-membered cyclic amide) rings is 1. The van der Waals surface area contributed by atoms with Crippen molar-refractivity contribution in [2.24, 2.45) is 0 Å². The average Bonchev–Trinajstić information content (AvgIpc) is 2.87. The molecule has 10 heteroatoms. The first-order chi connectivity index (χ1) is 8.93. The Bertz CT molecular complexity index is 578. The third-order valence-electron chi connectivity index (χ3n) is 3.70. The molecule has 0 aromatic carbocycles. The van der Waals surface area contributed by atoms with Gasteiger partial charge in [0.05, 0.1) is 23.7 Å². The third kappa shape index (κ3) is 2.29. The largest absolute Gasteiger partial charge is 1.00 e. The van der Waals surface area contributed by atoms with Crippen LogP contribution < -0.4 is 39.4 Å². The van der Waals surface area contributed by atoms with Crippen molar-refractivity contribution in [1.82, 2.24) is 9.62 Å². The molecule has 3 aliphatic heterocycles. The monoisotopic (exact) mass is 326 g/mol. The summed E-state index contributed by atoms with van der Waals surface area (Å²) in [6.07, 6.45) is 3.51. The van der Waals surface area contributed by atoms with Gasteiger partial charge in [-0.15, -0.1) is 0 Å². The molecule has 104 valence electrons. The van der Waals surface area contributed by atoms with E-state index < -0.39 is 38.4 Å². The molecular formula is C10H11N2NaO5S2. The van der Waals surface area contributed by atoms with Crippen molar-refractivity contribution in [3.05, 3.63) is 12.3 Å². The molecule has 2 fully saturated rings. The minimum absolute atomic E-state index is 0. The molecule has 0 spiro atoms. The Morgan fingerprint density at radius 3 is 2.75 bits per heavy atom. The van der Waals surface area contributed by atoms with Crippen LogP contribution in [0.2, 0.25) is 0 Å². The Hall–Kier alpha value is -0.220. The summed E-state index contributed by atoms with van der Waals surface area (Å²) in [6, 6.07) is -1.36. The maximum atomic E-state index is 12.3. The summed E-state index contributed by atoms with van der Waals surface area (Å²) >= 11 is 1.33. The van der Waals surface area contributed by atoms with Crippen LogP contribution in [0.5, 0.6) is 0 Å². The molecule has 0 saturated carbocycles. The van der Waals surface area contributed by atoms with Crippen LogP contribution in [0.3, 0.4) is 0 Å². The van der Waals surface area contributed by atoms with Gasteiger partial charge < -0.3 is 19.5 Å². The van der Waals surface area contributed by atoms with Gasteiger partial charge in [0.15, 0.2) is 9.84 Å². The number of fused-ring (bicyclic) bond motifs is 1. The van der Waals surface area contributed by atoms with E-state index >= 15 is 0 Å². The fourth-order valence-electron chi connectivity index (χ4n) is 2.77. The van der Waals surface area contributed by atoms with E-state index in [-0.39, 0.29) is 47.6 Å². The molecule has 0 radical (unpaired) electrons. The Kier molecular flexibility index (Phi) is 4.46. The topological polar surface area (TPSA) is 107 Å². The molecule has 20 heavy (non-hydrogen) atoms. The number of hydrogen-bond donors (Lipinski definition) is 1. The Labute approximate surface area is 142 Å². The van der Waals surface area contributed by atoms with Gasteiger partial charge >= 0.3 is 29.6 Å². The van der Waals surface area contributed by atoms with Crippen molar-refractivity contribution in [2.75, 3.05) is 0 Å². The molecule has 7 nitrogen and oxygen atoms in total. The number of aliphatic carboxylic acids is 1. The molecule has 3 rings (SSSR count). The predicted molar refractivity (Wildman–Crippen MR) is 65.0 cm³/mol. The van der Waals surface area contributed by atoms with Crippen molar-refractivity contribution in [3.63, 3.8) is 0 Å². The van der Waals surface area contributed by atoms with Gasteiger partial charge in [0.2, 0.25) is 5.91 Å². The van der Waals surface area contributed by atoms with Gasteiger partial charge in [-0.05, 0) is 18.4 Å². The summed E-state index contributed by atoms with van der Waals surface area (Å²) in [5.74, 6) is -1.93. The summed E-state index contributed by atoms with van der Waals surface area (Å²) in [5, 5.41) is 9.02. The second-order valence-electron chi connectivity index (χ2n) is 4.72. The first-order valence-corrected chi connectivity index (χ1v) is 8.24. The van der Waals surface area contributed by atoms with Crippen molar-refractivity contribution >= 4 is 33.7 Å². The van der Waals surface area contributed by atoms with E-state index in [1.165, 1.54) is 11.9 Å².